The standard InChI is InChI=1S/C24H29FN2O5S/c25-18-6-12-21(13-7-18)32-22-4-1-5-23(15-22)33(30,31)27-14-2-3-17(16-27)24(29)26-19-8-10-20(28)11-9-19/h1,4-7,12-13,15,17,19-20,28H,2-3,8-11,14,16H2,(H,26,29)/t17-,19-,20-/m0/s1. The number of benzene rings is 2. The fraction of sp³-hybridized carbons (Fsp3) is 0.458. The van der Waals surface area contributed by atoms with Crippen LogP contribution in [0.1, 0.15) is 38.5 Å². The molecule has 178 valence electrons. The Morgan fingerprint density at radius 2 is 1.76 bits per heavy atom. The van der Waals surface area contributed by atoms with Crippen molar-refractivity contribution < 1.29 is 27.4 Å². The Labute approximate surface area is 193 Å². The molecule has 1 aliphatic heterocycles. The number of nitrogens with zero attached hydrogens (tertiary/aromatic N) is 1. The number of ether oxygens (including phenoxy) is 1. The zero-order chi connectivity index (χ0) is 23.4. The van der Waals surface area contributed by atoms with Gasteiger partial charge in [0.1, 0.15) is 17.3 Å². The van der Waals surface area contributed by atoms with Gasteiger partial charge in [-0.2, -0.15) is 4.31 Å². The van der Waals surface area contributed by atoms with Gasteiger partial charge in [-0.15, -0.1) is 0 Å². The summed E-state index contributed by atoms with van der Waals surface area (Å²) in [6.45, 7) is 0.483. The number of aliphatic hydroxyl groups excluding tert-OH is 1. The molecule has 0 bridgehead atoms. The molecule has 0 aromatic heterocycles. The summed E-state index contributed by atoms with van der Waals surface area (Å²) in [4.78, 5) is 12.9. The first-order chi connectivity index (χ1) is 15.8. The molecule has 0 radical (unpaired) electrons. The van der Waals surface area contributed by atoms with Gasteiger partial charge in [0.05, 0.1) is 16.9 Å². The van der Waals surface area contributed by atoms with Crippen LogP contribution in [0.15, 0.2) is 53.4 Å². The highest BCUT2D eigenvalue weighted by Crippen LogP contribution is 2.29. The van der Waals surface area contributed by atoms with Crippen LogP contribution in [0.25, 0.3) is 0 Å². The molecule has 1 saturated heterocycles. The maximum absolute atomic E-state index is 13.3. The predicted molar refractivity (Wildman–Crippen MR) is 121 cm³/mol. The van der Waals surface area contributed by atoms with Crippen LogP contribution in [0.4, 0.5) is 4.39 Å². The second-order valence-electron chi connectivity index (χ2n) is 8.75. The average Bonchev–Trinajstić information content (AvgIpc) is 2.82. The lowest BCUT2D eigenvalue weighted by molar-refractivity contribution is -0.127. The molecule has 9 heteroatoms. The maximum atomic E-state index is 13.3. The molecule has 7 nitrogen and oxygen atoms in total. The molecule has 2 aliphatic rings. The number of nitrogens with one attached hydrogen (secondary N) is 1. The van der Waals surface area contributed by atoms with E-state index in [0.717, 1.165) is 12.8 Å². The van der Waals surface area contributed by atoms with Crippen molar-refractivity contribution in [2.45, 2.75) is 55.6 Å². The number of hydrogen-bond acceptors (Lipinski definition) is 5. The largest absolute Gasteiger partial charge is 0.457 e. The lowest BCUT2D eigenvalue weighted by Gasteiger charge is -2.33. The van der Waals surface area contributed by atoms with E-state index in [-0.39, 0.29) is 35.3 Å². The average molecular weight is 477 g/mol. The molecule has 1 atom stereocenters. The molecule has 4 rings (SSSR count). The highest BCUT2D eigenvalue weighted by atomic mass is 32.2. The number of sulfonamides is 1. The van der Waals surface area contributed by atoms with Crippen LogP contribution < -0.4 is 10.1 Å². The monoisotopic (exact) mass is 476 g/mol. The molecule has 33 heavy (non-hydrogen) atoms. The van der Waals surface area contributed by atoms with Crippen LogP contribution in [0, 0.1) is 11.7 Å². The third kappa shape index (κ3) is 5.90. The van der Waals surface area contributed by atoms with Crippen molar-refractivity contribution in [2.75, 3.05) is 13.1 Å². The SMILES string of the molecule is O=C(N[C@H]1CC[C@H](O)CC1)[C@H]1CCCN(S(=O)(=O)c2cccc(Oc3ccc(F)cc3)c2)C1. The molecule has 1 heterocycles. The molecule has 0 spiro atoms. The van der Waals surface area contributed by atoms with E-state index in [1.807, 2.05) is 0 Å². The maximum Gasteiger partial charge on any atom is 0.243 e. The lowest BCUT2D eigenvalue weighted by atomic mass is 9.92. The molecule has 1 saturated carbocycles. The molecule has 2 N–H and O–H groups in total. The Morgan fingerprint density at radius 3 is 2.48 bits per heavy atom. The number of amides is 1. The van der Waals surface area contributed by atoms with Gasteiger partial charge in [-0.3, -0.25) is 4.79 Å². The van der Waals surface area contributed by atoms with Crippen LogP contribution in [0.2, 0.25) is 0 Å². The minimum absolute atomic E-state index is 0.0353. The van der Waals surface area contributed by atoms with Crippen molar-refractivity contribution >= 4 is 15.9 Å². The minimum atomic E-state index is -3.81. The number of aliphatic hydroxyl groups is 1. The van der Waals surface area contributed by atoms with Crippen molar-refractivity contribution in [1.29, 1.82) is 0 Å². The summed E-state index contributed by atoms with van der Waals surface area (Å²) in [6.07, 6.45) is 3.77. The van der Waals surface area contributed by atoms with Gasteiger partial charge in [-0.1, -0.05) is 6.07 Å². The topological polar surface area (TPSA) is 95.9 Å². The molecular formula is C24H29FN2O5S. The number of hydrogen-bond donors (Lipinski definition) is 2. The molecule has 1 amide bonds. The number of rotatable bonds is 6. The van der Waals surface area contributed by atoms with Crippen LogP contribution >= 0.6 is 0 Å². The van der Waals surface area contributed by atoms with E-state index in [0.29, 0.717) is 43.7 Å². The zero-order valence-electron chi connectivity index (χ0n) is 18.3. The summed E-state index contributed by atoms with van der Waals surface area (Å²) in [5.74, 6) is -0.184. The van der Waals surface area contributed by atoms with E-state index in [1.54, 1.807) is 12.1 Å². The fourth-order valence-corrected chi connectivity index (χ4v) is 5.96. The van der Waals surface area contributed by atoms with Gasteiger partial charge in [0.2, 0.25) is 15.9 Å². The summed E-state index contributed by atoms with van der Waals surface area (Å²) in [5.41, 5.74) is 0. The minimum Gasteiger partial charge on any atom is -0.457 e. The van der Waals surface area contributed by atoms with Crippen molar-refractivity contribution in [3.05, 3.63) is 54.3 Å². The zero-order valence-corrected chi connectivity index (χ0v) is 19.1. The summed E-state index contributed by atoms with van der Waals surface area (Å²) in [7, 11) is -3.81. The Hall–Kier alpha value is -2.49. The van der Waals surface area contributed by atoms with Crippen LogP contribution in [0.3, 0.4) is 0 Å². The smallest absolute Gasteiger partial charge is 0.243 e. The van der Waals surface area contributed by atoms with Crippen LogP contribution in [0.5, 0.6) is 11.5 Å². The van der Waals surface area contributed by atoms with Crippen molar-refractivity contribution in [2.24, 2.45) is 5.92 Å². The van der Waals surface area contributed by atoms with E-state index in [4.69, 9.17) is 4.74 Å². The Kier molecular flexibility index (Phi) is 7.31. The predicted octanol–water partition coefficient (Wildman–Crippen LogP) is 3.44. The van der Waals surface area contributed by atoms with E-state index in [2.05, 4.69) is 5.32 Å². The second-order valence-corrected chi connectivity index (χ2v) is 10.7. The number of carbonyl (C=O) groups excluding carboxylic acids is 1. The second kappa shape index (κ2) is 10.2. The fourth-order valence-electron chi connectivity index (χ4n) is 4.40. The van der Waals surface area contributed by atoms with Crippen molar-refractivity contribution in [1.82, 2.24) is 9.62 Å². The van der Waals surface area contributed by atoms with E-state index < -0.39 is 15.9 Å². The Bertz CT molecular complexity index is 1070. The first kappa shape index (κ1) is 23.7. The van der Waals surface area contributed by atoms with Gasteiger partial charge in [0.25, 0.3) is 0 Å². The molecule has 2 aromatic carbocycles. The van der Waals surface area contributed by atoms with Gasteiger partial charge in [-0.05, 0) is 74.9 Å². The van der Waals surface area contributed by atoms with Gasteiger partial charge in [-0.25, -0.2) is 12.8 Å². The summed E-state index contributed by atoms with van der Waals surface area (Å²) in [6, 6.07) is 11.7. The summed E-state index contributed by atoms with van der Waals surface area (Å²) >= 11 is 0. The lowest BCUT2D eigenvalue weighted by Crippen LogP contribution is -2.48. The highest BCUT2D eigenvalue weighted by Gasteiger charge is 2.34. The number of piperidine rings is 1. The van der Waals surface area contributed by atoms with E-state index in [1.165, 1.54) is 40.7 Å². The third-order valence-corrected chi connectivity index (χ3v) is 8.15. The van der Waals surface area contributed by atoms with Gasteiger partial charge < -0.3 is 15.2 Å². The van der Waals surface area contributed by atoms with E-state index >= 15 is 0 Å². The Morgan fingerprint density at radius 1 is 1.03 bits per heavy atom. The third-order valence-electron chi connectivity index (χ3n) is 6.29. The van der Waals surface area contributed by atoms with Crippen LogP contribution in [-0.2, 0) is 14.8 Å². The van der Waals surface area contributed by atoms with Crippen molar-refractivity contribution in [3.8, 4) is 11.5 Å². The van der Waals surface area contributed by atoms with Gasteiger partial charge in [0.15, 0.2) is 0 Å². The summed E-state index contributed by atoms with van der Waals surface area (Å²) in [5, 5.41) is 12.7. The van der Waals surface area contributed by atoms with Gasteiger partial charge >= 0.3 is 0 Å². The molecule has 0 unspecified atom stereocenters. The molecule has 2 fully saturated rings. The molecule has 2 aromatic rings. The quantitative estimate of drug-likeness (QED) is 0.666. The number of halogens is 1. The molecular weight excluding hydrogens is 447 g/mol. The van der Waals surface area contributed by atoms with E-state index in [9.17, 15) is 22.7 Å². The summed E-state index contributed by atoms with van der Waals surface area (Å²) < 4.78 is 46.7. The van der Waals surface area contributed by atoms with Crippen LogP contribution in [-0.4, -0.2) is 49.0 Å². The molecule has 1 aliphatic carbocycles. The normalized spacial score (nSPS) is 24.2. The van der Waals surface area contributed by atoms with Crippen molar-refractivity contribution in [3.63, 3.8) is 0 Å². The highest BCUT2D eigenvalue weighted by molar-refractivity contribution is 7.89. The first-order valence-electron chi connectivity index (χ1n) is 11.3. The first-order valence-corrected chi connectivity index (χ1v) is 12.8. The Balaban J connectivity index is 1.42. The number of carbonyl (C=O) groups is 1. The van der Waals surface area contributed by atoms with Gasteiger partial charge in [0, 0.05) is 25.2 Å².